The number of nitrogens with zero attached hydrogens (tertiary/aromatic N) is 2. The van der Waals surface area contributed by atoms with Gasteiger partial charge < -0.3 is 5.11 Å². The molecule has 2 aromatic carbocycles. The smallest absolute Gasteiger partial charge is 0.336 e. The van der Waals surface area contributed by atoms with Crippen molar-refractivity contribution in [2.45, 2.75) is 35.5 Å². The van der Waals surface area contributed by atoms with Gasteiger partial charge in [0, 0.05) is 28.9 Å². The lowest BCUT2D eigenvalue weighted by atomic mass is 10.0. The van der Waals surface area contributed by atoms with Crippen molar-refractivity contribution >= 4 is 38.7 Å². The average molecular weight is 457 g/mol. The minimum Gasteiger partial charge on any atom is -0.478 e. The minimum absolute atomic E-state index is 0.0434. The van der Waals surface area contributed by atoms with E-state index < -0.39 is 16.0 Å². The van der Waals surface area contributed by atoms with Crippen LogP contribution >= 0.6 is 11.8 Å². The third-order valence-corrected chi connectivity index (χ3v) is 8.24. The molecule has 0 atom stereocenters. The second-order valence-corrected chi connectivity index (χ2v) is 10.4. The molecule has 1 aromatic heterocycles. The van der Waals surface area contributed by atoms with E-state index in [2.05, 4.69) is 4.98 Å². The zero-order valence-corrected chi connectivity index (χ0v) is 18.9. The van der Waals surface area contributed by atoms with E-state index in [1.54, 1.807) is 17.8 Å². The SMILES string of the molecule is CSc1ccc(-c2cc(C(=O)O)c3cc(S(=O)(=O)N4CCCCCC4)ccc3n2)cc1. The molecule has 0 radical (unpaired) electrons. The fourth-order valence-corrected chi connectivity index (χ4v) is 5.84. The highest BCUT2D eigenvalue weighted by molar-refractivity contribution is 7.98. The summed E-state index contributed by atoms with van der Waals surface area (Å²) in [5.74, 6) is -1.11. The first kappa shape index (κ1) is 21.8. The molecule has 3 aromatic rings. The van der Waals surface area contributed by atoms with Gasteiger partial charge in [-0.2, -0.15) is 4.31 Å². The first-order valence-corrected chi connectivity index (χ1v) is 12.9. The van der Waals surface area contributed by atoms with Crippen LogP contribution in [-0.2, 0) is 10.0 Å². The number of aromatic nitrogens is 1. The van der Waals surface area contributed by atoms with Crippen molar-refractivity contribution in [1.29, 1.82) is 0 Å². The molecule has 162 valence electrons. The Hall–Kier alpha value is -2.42. The Morgan fingerprint density at radius 2 is 1.68 bits per heavy atom. The van der Waals surface area contributed by atoms with E-state index in [4.69, 9.17) is 0 Å². The maximum absolute atomic E-state index is 13.2. The minimum atomic E-state index is -3.68. The van der Waals surface area contributed by atoms with E-state index in [9.17, 15) is 18.3 Å². The van der Waals surface area contributed by atoms with Crippen LogP contribution in [0, 0.1) is 0 Å². The molecular weight excluding hydrogens is 432 g/mol. The van der Waals surface area contributed by atoms with Gasteiger partial charge in [-0.1, -0.05) is 25.0 Å². The molecule has 1 N–H and O–H groups in total. The quantitative estimate of drug-likeness (QED) is 0.550. The molecule has 1 aliphatic rings. The van der Waals surface area contributed by atoms with Crippen LogP contribution in [0.2, 0.25) is 0 Å². The molecule has 1 fully saturated rings. The Labute approximate surface area is 186 Å². The number of aromatic carboxylic acids is 1. The first-order chi connectivity index (χ1) is 14.9. The van der Waals surface area contributed by atoms with Crippen molar-refractivity contribution in [3.8, 4) is 11.3 Å². The third-order valence-electron chi connectivity index (χ3n) is 5.60. The third kappa shape index (κ3) is 4.46. The van der Waals surface area contributed by atoms with Gasteiger partial charge in [-0.05, 0) is 55.5 Å². The summed E-state index contributed by atoms with van der Waals surface area (Å²) in [4.78, 5) is 17.8. The zero-order chi connectivity index (χ0) is 22.0. The van der Waals surface area contributed by atoms with Crippen molar-refractivity contribution < 1.29 is 18.3 Å². The van der Waals surface area contributed by atoms with Gasteiger partial charge in [0.05, 0.1) is 21.7 Å². The van der Waals surface area contributed by atoms with E-state index >= 15 is 0 Å². The highest BCUT2D eigenvalue weighted by atomic mass is 32.2. The Morgan fingerprint density at radius 1 is 1.00 bits per heavy atom. The van der Waals surface area contributed by atoms with Gasteiger partial charge >= 0.3 is 5.97 Å². The largest absolute Gasteiger partial charge is 0.478 e. The Morgan fingerprint density at radius 3 is 2.29 bits per heavy atom. The lowest BCUT2D eigenvalue weighted by Gasteiger charge is -2.20. The molecule has 0 amide bonds. The number of rotatable bonds is 5. The molecule has 8 heteroatoms. The topological polar surface area (TPSA) is 87.6 Å². The lowest BCUT2D eigenvalue weighted by Crippen LogP contribution is -2.31. The summed E-state index contributed by atoms with van der Waals surface area (Å²) in [6, 6.07) is 13.8. The van der Waals surface area contributed by atoms with Crippen LogP contribution in [0.4, 0.5) is 0 Å². The molecule has 1 aliphatic heterocycles. The van der Waals surface area contributed by atoms with Crippen LogP contribution < -0.4 is 0 Å². The summed E-state index contributed by atoms with van der Waals surface area (Å²) in [5.41, 5.74) is 1.85. The average Bonchev–Trinajstić information content (AvgIpc) is 3.08. The van der Waals surface area contributed by atoms with E-state index in [1.165, 1.54) is 22.5 Å². The molecular formula is C23H24N2O4S2. The Kier molecular flexibility index (Phi) is 6.31. The zero-order valence-electron chi connectivity index (χ0n) is 17.2. The van der Waals surface area contributed by atoms with Crippen LogP contribution in [0.25, 0.3) is 22.2 Å². The Bertz CT molecular complexity index is 1220. The number of fused-ring (bicyclic) bond motifs is 1. The number of hydrogen-bond acceptors (Lipinski definition) is 5. The maximum Gasteiger partial charge on any atom is 0.336 e. The van der Waals surface area contributed by atoms with Crippen molar-refractivity contribution in [3.63, 3.8) is 0 Å². The standard InChI is InChI=1S/C23H24N2O4S2/c1-30-17-8-6-16(7-9-17)22-15-20(23(26)27)19-14-18(10-11-21(19)24-22)31(28,29)25-12-4-2-3-5-13-25/h6-11,14-15H,2-5,12-13H2,1H3,(H,26,27). The predicted octanol–water partition coefficient (Wildman–Crippen LogP) is 4.89. The van der Waals surface area contributed by atoms with Crippen LogP contribution in [0.5, 0.6) is 0 Å². The van der Waals surface area contributed by atoms with Crippen molar-refractivity contribution in [2.75, 3.05) is 19.3 Å². The lowest BCUT2D eigenvalue weighted by molar-refractivity contribution is 0.0699. The van der Waals surface area contributed by atoms with Gasteiger partial charge in [0.2, 0.25) is 10.0 Å². The second kappa shape index (κ2) is 8.98. The molecule has 0 unspecified atom stereocenters. The predicted molar refractivity (Wildman–Crippen MR) is 123 cm³/mol. The molecule has 1 saturated heterocycles. The van der Waals surface area contributed by atoms with E-state index in [0.29, 0.717) is 29.7 Å². The molecule has 2 heterocycles. The van der Waals surface area contributed by atoms with Crippen molar-refractivity contribution in [2.24, 2.45) is 0 Å². The van der Waals surface area contributed by atoms with Crippen molar-refractivity contribution in [1.82, 2.24) is 9.29 Å². The molecule has 6 nitrogen and oxygen atoms in total. The number of carboxylic acids is 1. The molecule has 0 saturated carbocycles. The second-order valence-electron chi connectivity index (χ2n) is 7.59. The van der Waals surface area contributed by atoms with Gasteiger partial charge in [0.1, 0.15) is 0 Å². The van der Waals surface area contributed by atoms with Crippen molar-refractivity contribution in [3.05, 3.63) is 54.1 Å². The number of carbonyl (C=O) groups is 1. The molecule has 0 bridgehead atoms. The summed E-state index contributed by atoms with van der Waals surface area (Å²) < 4.78 is 27.9. The first-order valence-electron chi connectivity index (χ1n) is 10.2. The van der Waals surface area contributed by atoms with E-state index in [1.807, 2.05) is 30.5 Å². The number of hydrogen-bond donors (Lipinski definition) is 1. The molecule has 0 aliphatic carbocycles. The van der Waals surface area contributed by atoms with Crippen LogP contribution in [0.3, 0.4) is 0 Å². The number of thioether (sulfide) groups is 1. The van der Waals surface area contributed by atoms with E-state index in [-0.39, 0.29) is 10.5 Å². The van der Waals surface area contributed by atoms with Gasteiger partial charge in [-0.15, -0.1) is 11.8 Å². The summed E-state index contributed by atoms with van der Waals surface area (Å²) >= 11 is 1.62. The number of benzene rings is 2. The highest BCUT2D eigenvalue weighted by Crippen LogP contribution is 2.29. The number of carboxylic acid groups (broad SMARTS) is 1. The van der Waals surface area contributed by atoms with Gasteiger partial charge in [-0.3, -0.25) is 0 Å². The highest BCUT2D eigenvalue weighted by Gasteiger charge is 2.26. The summed E-state index contributed by atoms with van der Waals surface area (Å²) in [6.45, 7) is 0.991. The van der Waals surface area contributed by atoms with Crippen LogP contribution in [-0.4, -0.2) is 48.1 Å². The molecule has 4 rings (SSSR count). The van der Waals surface area contributed by atoms with Gasteiger partial charge in [-0.25, -0.2) is 18.2 Å². The monoisotopic (exact) mass is 456 g/mol. The molecule has 31 heavy (non-hydrogen) atoms. The van der Waals surface area contributed by atoms with Crippen LogP contribution in [0.15, 0.2) is 58.3 Å². The van der Waals surface area contributed by atoms with Gasteiger partial charge in [0.25, 0.3) is 0 Å². The normalized spacial score (nSPS) is 15.6. The summed E-state index contributed by atoms with van der Waals surface area (Å²) in [7, 11) is -3.68. The molecule has 0 spiro atoms. The number of pyridine rings is 1. The summed E-state index contributed by atoms with van der Waals surface area (Å²) in [6.07, 6.45) is 5.72. The summed E-state index contributed by atoms with van der Waals surface area (Å²) in [5, 5.41) is 10.2. The fourth-order valence-electron chi connectivity index (χ4n) is 3.88. The maximum atomic E-state index is 13.2. The Balaban J connectivity index is 1.80. The number of sulfonamides is 1. The van der Waals surface area contributed by atoms with E-state index in [0.717, 1.165) is 36.1 Å². The van der Waals surface area contributed by atoms with Gasteiger partial charge in [0.15, 0.2) is 0 Å². The van der Waals surface area contributed by atoms with Crippen LogP contribution in [0.1, 0.15) is 36.0 Å². The fraction of sp³-hybridized carbons (Fsp3) is 0.304.